The maximum atomic E-state index is 14.0. The zero-order chi connectivity index (χ0) is 22.1. The molecule has 0 aliphatic carbocycles. The van der Waals surface area contributed by atoms with Crippen LogP contribution in [0, 0.1) is 23.4 Å². The Hall–Kier alpha value is -2.88. The first-order valence-electron chi connectivity index (χ1n) is 10.3. The van der Waals surface area contributed by atoms with Crippen molar-refractivity contribution in [2.45, 2.75) is 50.2 Å². The van der Waals surface area contributed by atoms with E-state index < -0.39 is 29.4 Å². The van der Waals surface area contributed by atoms with E-state index in [1.807, 2.05) is 4.90 Å². The van der Waals surface area contributed by atoms with Gasteiger partial charge in [-0.3, -0.25) is 9.59 Å². The molecule has 2 aliphatic heterocycles. The molecule has 166 valence electrons. The van der Waals surface area contributed by atoms with Crippen LogP contribution in [-0.4, -0.2) is 51.4 Å². The van der Waals surface area contributed by atoms with Gasteiger partial charge in [0.1, 0.15) is 11.5 Å². The zero-order valence-electron chi connectivity index (χ0n) is 16.8. The van der Waals surface area contributed by atoms with Crippen molar-refractivity contribution >= 4 is 11.8 Å². The molecule has 4 atom stereocenters. The molecule has 31 heavy (non-hydrogen) atoms. The normalized spacial score (nSPS) is 23.6. The van der Waals surface area contributed by atoms with Gasteiger partial charge in [0.15, 0.2) is 11.6 Å². The Morgan fingerprint density at radius 3 is 2.48 bits per heavy atom. The molecular formula is C21H24F3N5O2. The molecule has 10 heteroatoms. The average molecular weight is 435 g/mol. The van der Waals surface area contributed by atoms with Crippen LogP contribution in [0.25, 0.3) is 0 Å². The molecule has 7 nitrogen and oxygen atoms in total. The first kappa shape index (κ1) is 21.4. The highest BCUT2D eigenvalue weighted by Gasteiger charge is 2.44. The Bertz CT molecular complexity index is 954. The van der Waals surface area contributed by atoms with E-state index in [9.17, 15) is 22.8 Å². The van der Waals surface area contributed by atoms with E-state index in [0.717, 1.165) is 18.9 Å². The predicted octanol–water partition coefficient (Wildman–Crippen LogP) is 1.90. The number of aromatic amines is 1. The number of hydrogen-bond donors (Lipinski definition) is 3. The molecule has 0 saturated carbocycles. The van der Waals surface area contributed by atoms with E-state index in [0.29, 0.717) is 18.9 Å². The summed E-state index contributed by atoms with van der Waals surface area (Å²) in [5, 5.41) is 2.60. The van der Waals surface area contributed by atoms with Crippen LogP contribution in [0.2, 0.25) is 0 Å². The lowest BCUT2D eigenvalue weighted by atomic mass is 9.82. The van der Waals surface area contributed by atoms with Crippen molar-refractivity contribution in [3.05, 3.63) is 53.4 Å². The summed E-state index contributed by atoms with van der Waals surface area (Å²) in [5.74, 6) is -3.64. The average Bonchev–Trinajstić information content (AvgIpc) is 3.36. The Morgan fingerprint density at radius 1 is 1.16 bits per heavy atom. The topological polar surface area (TPSA) is 104 Å². The molecule has 1 aromatic carbocycles. The molecule has 0 radical (unpaired) electrons. The fourth-order valence-electron chi connectivity index (χ4n) is 4.84. The monoisotopic (exact) mass is 435 g/mol. The highest BCUT2D eigenvalue weighted by Crippen LogP contribution is 2.40. The Kier molecular flexibility index (Phi) is 5.99. The lowest BCUT2D eigenvalue weighted by Gasteiger charge is -2.41. The number of hydrogen-bond acceptors (Lipinski definition) is 4. The third-order valence-corrected chi connectivity index (χ3v) is 6.35. The third kappa shape index (κ3) is 4.43. The number of rotatable bonds is 6. The van der Waals surface area contributed by atoms with Gasteiger partial charge in [0.25, 0.3) is 5.91 Å². The lowest BCUT2D eigenvalue weighted by Crippen LogP contribution is -2.52. The minimum Gasteiger partial charge on any atom is -0.342 e. The second-order valence-electron chi connectivity index (χ2n) is 8.29. The number of fused-ring (bicyclic) bond motifs is 2. The smallest absolute Gasteiger partial charge is 0.269 e. The maximum Gasteiger partial charge on any atom is 0.269 e. The van der Waals surface area contributed by atoms with Crippen molar-refractivity contribution in [1.82, 2.24) is 20.2 Å². The summed E-state index contributed by atoms with van der Waals surface area (Å²) in [4.78, 5) is 33.0. The van der Waals surface area contributed by atoms with Crippen molar-refractivity contribution in [1.29, 1.82) is 0 Å². The van der Waals surface area contributed by atoms with Gasteiger partial charge in [-0.2, -0.15) is 0 Å². The van der Waals surface area contributed by atoms with E-state index >= 15 is 0 Å². The van der Waals surface area contributed by atoms with Gasteiger partial charge in [0, 0.05) is 24.2 Å². The van der Waals surface area contributed by atoms with Crippen molar-refractivity contribution in [3.8, 4) is 0 Å². The molecule has 2 fully saturated rings. The number of benzene rings is 1. The molecule has 2 saturated heterocycles. The van der Waals surface area contributed by atoms with E-state index in [4.69, 9.17) is 5.73 Å². The minimum atomic E-state index is -1.22. The number of halogens is 3. The van der Waals surface area contributed by atoms with Crippen LogP contribution in [-0.2, 0) is 11.2 Å². The minimum absolute atomic E-state index is 0.00107. The zero-order valence-corrected chi connectivity index (χ0v) is 16.8. The van der Waals surface area contributed by atoms with E-state index in [2.05, 4.69) is 15.3 Å². The number of aromatic nitrogens is 2. The van der Waals surface area contributed by atoms with Crippen molar-refractivity contribution in [2.24, 2.45) is 11.7 Å². The van der Waals surface area contributed by atoms with Gasteiger partial charge in [-0.15, -0.1) is 0 Å². The first-order chi connectivity index (χ1) is 14.8. The number of nitrogens with one attached hydrogen (secondary N) is 2. The van der Waals surface area contributed by atoms with Gasteiger partial charge in [0.2, 0.25) is 5.91 Å². The Morgan fingerprint density at radius 2 is 1.84 bits per heavy atom. The number of H-pyrrole nitrogens is 1. The van der Waals surface area contributed by atoms with Gasteiger partial charge in [-0.05, 0) is 49.7 Å². The summed E-state index contributed by atoms with van der Waals surface area (Å²) < 4.78 is 40.6. The second-order valence-corrected chi connectivity index (χ2v) is 8.29. The number of piperidine rings is 1. The summed E-state index contributed by atoms with van der Waals surface area (Å²) in [6, 6.07) is 0.974. The van der Waals surface area contributed by atoms with E-state index in [1.165, 1.54) is 12.5 Å². The molecule has 2 aliphatic rings. The summed E-state index contributed by atoms with van der Waals surface area (Å²) in [7, 11) is 0. The van der Waals surface area contributed by atoms with Gasteiger partial charge in [0.05, 0.1) is 19.1 Å². The molecule has 3 heterocycles. The molecule has 2 amide bonds. The summed E-state index contributed by atoms with van der Waals surface area (Å²) in [5.41, 5.74) is 6.65. The second kappa shape index (κ2) is 8.70. The highest BCUT2D eigenvalue weighted by atomic mass is 19.2. The highest BCUT2D eigenvalue weighted by molar-refractivity contribution is 5.94. The van der Waals surface area contributed by atoms with Gasteiger partial charge in [-0.25, -0.2) is 18.2 Å². The summed E-state index contributed by atoms with van der Waals surface area (Å²) in [6.07, 6.45) is 5.86. The van der Waals surface area contributed by atoms with Gasteiger partial charge in [-0.1, -0.05) is 0 Å². The largest absolute Gasteiger partial charge is 0.342 e. The standard InChI is InChI=1S/C21H24F3N5O2/c22-15-7-17(24)16(23)5-11(15)6-18(25)12-3-13-1-2-14(4-12)29(13)20(30)9-27-21(31)19-8-26-10-28-19/h5,7-8,10,12-14,18H,1-4,6,9,25H2,(H,26,28)(H,27,31)/t12?,13-,14+,18-/m1/s1. The summed E-state index contributed by atoms with van der Waals surface area (Å²) in [6.45, 7) is -0.109. The Labute approximate surface area is 177 Å². The quantitative estimate of drug-likeness (QED) is 0.603. The fraction of sp³-hybridized carbons (Fsp3) is 0.476. The fourth-order valence-corrected chi connectivity index (χ4v) is 4.84. The molecular weight excluding hydrogens is 411 g/mol. The Balaban J connectivity index is 1.35. The number of carbonyl (C=O) groups excluding carboxylic acids is 2. The van der Waals surface area contributed by atoms with Crippen LogP contribution < -0.4 is 11.1 Å². The number of nitrogens with zero attached hydrogens (tertiary/aromatic N) is 2. The van der Waals surface area contributed by atoms with Crippen molar-refractivity contribution in [3.63, 3.8) is 0 Å². The predicted molar refractivity (Wildman–Crippen MR) is 105 cm³/mol. The van der Waals surface area contributed by atoms with Gasteiger partial charge < -0.3 is 20.9 Å². The van der Waals surface area contributed by atoms with Crippen LogP contribution in [0.4, 0.5) is 13.2 Å². The molecule has 1 unspecified atom stereocenters. The first-order valence-corrected chi connectivity index (χ1v) is 10.3. The van der Waals surface area contributed by atoms with Crippen LogP contribution >= 0.6 is 0 Å². The van der Waals surface area contributed by atoms with Gasteiger partial charge >= 0.3 is 0 Å². The van der Waals surface area contributed by atoms with Crippen LogP contribution in [0.3, 0.4) is 0 Å². The number of nitrogens with two attached hydrogens (primary N) is 1. The molecule has 4 rings (SSSR count). The number of imidazole rings is 1. The third-order valence-electron chi connectivity index (χ3n) is 6.35. The molecule has 4 N–H and O–H groups in total. The van der Waals surface area contributed by atoms with Crippen LogP contribution in [0.15, 0.2) is 24.7 Å². The molecule has 1 aromatic heterocycles. The van der Waals surface area contributed by atoms with Crippen LogP contribution in [0.1, 0.15) is 41.7 Å². The van der Waals surface area contributed by atoms with Crippen molar-refractivity contribution < 1.29 is 22.8 Å². The molecule has 0 spiro atoms. The lowest BCUT2D eigenvalue weighted by molar-refractivity contribution is -0.135. The molecule has 2 bridgehead atoms. The summed E-state index contributed by atoms with van der Waals surface area (Å²) >= 11 is 0. The SMILES string of the molecule is N[C@H](Cc1cc(F)c(F)cc1F)C1C[C@H]2CC[C@@H](C1)N2C(=O)CNC(=O)c1cnc[nH]1. The number of carbonyl (C=O) groups is 2. The molecule has 2 aromatic rings. The van der Waals surface area contributed by atoms with Crippen LogP contribution in [0.5, 0.6) is 0 Å². The van der Waals surface area contributed by atoms with E-state index in [-0.39, 0.29) is 48.1 Å². The van der Waals surface area contributed by atoms with E-state index in [1.54, 1.807) is 0 Å². The maximum absolute atomic E-state index is 14.0. The van der Waals surface area contributed by atoms with Crippen molar-refractivity contribution in [2.75, 3.05) is 6.54 Å². The number of amides is 2.